The smallest absolute Gasteiger partial charge is 0.408 e. The van der Waals surface area contributed by atoms with E-state index in [0.29, 0.717) is 5.56 Å². The van der Waals surface area contributed by atoms with Gasteiger partial charge in [-0.25, -0.2) is 9.86 Å². The van der Waals surface area contributed by atoms with Crippen molar-refractivity contribution in [1.29, 1.82) is 0 Å². The maximum Gasteiger partial charge on any atom is 0.408 e. The van der Waals surface area contributed by atoms with Gasteiger partial charge in [0.1, 0.15) is 18.7 Å². The minimum absolute atomic E-state index is 0.0873. The number of benzene rings is 3. The van der Waals surface area contributed by atoms with Gasteiger partial charge in [0.15, 0.2) is 0 Å². The van der Waals surface area contributed by atoms with Gasteiger partial charge in [-0.2, -0.15) is 0 Å². The van der Waals surface area contributed by atoms with Gasteiger partial charge >= 0.3 is 6.09 Å². The first-order valence-electron chi connectivity index (χ1n) is 13.8. The molecule has 0 bridgehead atoms. The van der Waals surface area contributed by atoms with Crippen LogP contribution in [-0.2, 0) is 24.0 Å². The zero-order valence-corrected chi connectivity index (χ0v) is 24.1. The summed E-state index contributed by atoms with van der Waals surface area (Å²) in [4.78, 5) is 56.4. The zero-order chi connectivity index (χ0) is 30.2. The average molecular weight is 573 g/mol. The number of nitrogens with one attached hydrogen (secondary N) is 3. The highest BCUT2D eigenvalue weighted by molar-refractivity contribution is 5.93. The molecular weight excluding hydrogens is 536 g/mol. The Kier molecular flexibility index (Phi) is 9.93. The molecule has 220 valence electrons. The predicted octanol–water partition coefficient (Wildman–Crippen LogP) is 3.54. The zero-order valence-electron chi connectivity index (χ0n) is 24.1. The molecule has 1 aliphatic carbocycles. The van der Waals surface area contributed by atoms with Crippen LogP contribution in [0.3, 0.4) is 0 Å². The van der Waals surface area contributed by atoms with E-state index in [1.807, 2.05) is 36.4 Å². The van der Waals surface area contributed by atoms with Crippen molar-refractivity contribution in [3.8, 4) is 11.1 Å². The Morgan fingerprint density at radius 2 is 1.38 bits per heavy atom. The molecule has 4 rings (SSSR count). The van der Waals surface area contributed by atoms with Gasteiger partial charge in [-0.15, -0.1) is 0 Å². The molecule has 0 unspecified atom stereocenters. The molecule has 0 aliphatic heterocycles. The Morgan fingerprint density at radius 3 is 1.95 bits per heavy atom. The minimum atomic E-state index is -1.13. The number of hydroxylamine groups is 2. The highest BCUT2D eigenvalue weighted by atomic mass is 16.7. The molecular formula is C32H36N4O6. The molecule has 0 fully saturated rings. The molecule has 0 saturated heterocycles. The Balaban J connectivity index is 1.45. The van der Waals surface area contributed by atoms with E-state index in [0.717, 1.165) is 27.3 Å². The second-order valence-corrected chi connectivity index (χ2v) is 10.3. The van der Waals surface area contributed by atoms with Crippen molar-refractivity contribution in [2.45, 2.75) is 31.8 Å². The summed E-state index contributed by atoms with van der Waals surface area (Å²) in [6.07, 6.45) is -0.764. The standard InChI is InChI=1S/C32H36N4O6/c1-20(2)28(30(38)33-18-27(37)36(3)41-4)34-31(39)29(21-12-6-5-7-13-21)35-32(40)42-19-26-24-16-10-8-14-22(24)23-15-9-11-17-25(23)26/h5-17,20,26,28-29H,18-19H2,1-4H3,(H,33,38)(H,34,39)(H,35,40)/t28-,29-/m0/s1. The molecule has 3 aromatic carbocycles. The lowest BCUT2D eigenvalue weighted by atomic mass is 9.98. The number of hydrogen-bond donors (Lipinski definition) is 3. The molecule has 4 amide bonds. The number of rotatable bonds is 11. The van der Waals surface area contributed by atoms with Crippen molar-refractivity contribution < 1.29 is 28.8 Å². The van der Waals surface area contributed by atoms with Crippen molar-refractivity contribution >= 4 is 23.8 Å². The topological polar surface area (TPSA) is 126 Å². The Morgan fingerprint density at radius 1 is 0.810 bits per heavy atom. The first-order valence-corrected chi connectivity index (χ1v) is 13.8. The summed E-state index contributed by atoms with van der Waals surface area (Å²) in [5.41, 5.74) is 4.88. The van der Waals surface area contributed by atoms with Gasteiger partial charge < -0.3 is 20.7 Å². The second kappa shape index (κ2) is 13.8. The number of carbonyl (C=O) groups is 4. The van der Waals surface area contributed by atoms with Gasteiger partial charge in [-0.05, 0) is 33.7 Å². The molecule has 1 aliphatic rings. The summed E-state index contributed by atoms with van der Waals surface area (Å²) in [6.45, 7) is 3.32. The number of nitrogens with zero attached hydrogens (tertiary/aromatic N) is 1. The third kappa shape index (κ3) is 6.95. The van der Waals surface area contributed by atoms with E-state index >= 15 is 0 Å². The van der Waals surface area contributed by atoms with Crippen molar-refractivity contribution in [2.75, 3.05) is 27.3 Å². The van der Waals surface area contributed by atoms with Crippen LogP contribution in [0.4, 0.5) is 4.79 Å². The van der Waals surface area contributed by atoms with E-state index in [1.54, 1.807) is 44.2 Å². The Hall–Kier alpha value is -4.70. The maximum atomic E-state index is 13.5. The fourth-order valence-electron chi connectivity index (χ4n) is 4.96. The van der Waals surface area contributed by atoms with Crippen LogP contribution in [0.2, 0.25) is 0 Å². The van der Waals surface area contributed by atoms with Gasteiger partial charge in [0.05, 0.1) is 13.7 Å². The average Bonchev–Trinajstić information content (AvgIpc) is 3.33. The maximum absolute atomic E-state index is 13.5. The van der Waals surface area contributed by atoms with Crippen molar-refractivity contribution in [1.82, 2.24) is 21.0 Å². The van der Waals surface area contributed by atoms with Crippen LogP contribution in [0.5, 0.6) is 0 Å². The van der Waals surface area contributed by atoms with Crippen LogP contribution in [0.15, 0.2) is 78.9 Å². The number of alkyl carbamates (subject to hydrolysis) is 1. The van der Waals surface area contributed by atoms with E-state index in [-0.39, 0.29) is 25.0 Å². The molecule has 3 N–H and O–H groups in total. The van der Waals surface area contributed by atoms with E-state index in [2.05, 4.69) is 28.1 Å². The summed E-state index contributed by atoms with van der Waals surface area (Å²) < 4.78 is 5.68. The second-order valence-electron chi connectivity index (χ2n) is 10.3. The third-order valence-electron chi connectivity index (χ3n) is 7.29. The number of ether oxygens (including phenoxy) is 1. The Labute approximate surface area is 245 Å². The number of fused-ring (bicyclic) bond motifs is 3. The SMILES string of the molecule is CON(C)C(=O)CNC(=O)[C@@H](NC(=O)[C@@H](NC(=O)OCC1c2ccccc2-c2ccccc21)c1ccccc1)C(C)C. The van der Waals surface area contributed by atoms with Gasteiger partial charge in [0.25, 0.3) is 5.91 Å². The van der Waals surface area contributed by atoms with E-state index in [1.165, 1.54) is 14.2 Å². The quantitative estimate of drug-likeness (QED) is 0.302. The lowest BCUT2D eigenvalue weighted by Gasteiger charge is -2.26. The molecule has 10 nitrogen and oxygen atoms in total. The molecule has 0 aromatic heterocycles. The monoisotopic (exact) mass is 572 g/mol. The van der Waals surface area contributed by atoms with E-state index in [4.69, 9.17) is 9.57 Å². The largest absolute Gasteiger partial charge is 0.449 e. The molecule has 10 heteroatoms. The summed E-state index contributed by atoms with van der Waals surface area (Å²) in [7, 11) is 2.76. The van der Waals surface area contributed by atoms with Crippen LogP contribution >= 0.6 is 0 Å². The lowest BCUT2D eigenvalue weighted by molar-refractivity contribution is -0.168. The fraction of sp³-hybridized carbons (Fsp3) is 0.312. The molecule has 0 saturated carbocycles. The van der Waals surface area contributed by atoms with Crippen LogP contribution in [0.25, 0.3) is 11.1 Å². The number of likely N-dealkylation sites (N-methyl/N-ethyl adjacent to an activating group) is 1. The van der Waals surface area contributed by atoms with E-state index < -0.39 is 35.9 Å². The van der Waals surface area contributed by atoms with Crippen molar-refractivity contribution in [3.63, 3.8) is 0 Å². The van der Waals surface area contributed by atoms with Crippen LogP contribution in [0.1, 0.15) is 42.5 Å². The summed E-state index contributed by atoms with van der Waals surface area (Å²) in [5.74, 6) is -2.04. The molecule has 0 spiro atoms. The van der Waals surface area contributed by atoms with Crippen LogP contribution in [0, 0.1) is 5.92 Å². The lowest BCUT2D eigenvalue weighted by Crippen LogP contribution is -2.54. The van der Waals surface area contributed by atoms with Gasteiger partial charge in [0, 0.05) is 13.0 Å². The van der Waals surface area contributed by atoms with Gasteiger partial charge in [-0.1, -0.05) is 92.7 Å². The van der Waals surface area contributed by atoms with Crippen LogP contribution in [-0.4, -0.2) is 62.2 Å². The number of amides is 4. The fourth-order valence-corrected chi connectivity index (χ4v) is 4.96. The summed E-state index contributed by atoms with van der Waals surface area (Å²) in [5, 5.41) is 8.94. The Bertz CT molecular complexity index is 1380. The number of carbonyl (C=O) groups excluding carboxylic acids is 4. The van der Waals surface area contributed by atoms with Crippen molar-refractivity contribution in [3.05, 3.63) is 95.6 Å². The first kappa shape index (κ1) is 30.3. The molecule has 0 heterocycles. The molecule has 2 atom stereocenters. The minimum Gasteiger partial charge on any atom is -0.449 e. The highest BCUT2D eigenvalue weighted by Gasteiger charge is 2.32. The highest BCUT2D eigenvalue weighted by Crippen LogP contribution is 2.44. The summed E-state index contributed by atoms with van der Waals surface area (Å²) in [6, 6.07) is 22.7. The summed E-state index contributed by atoms with van der Waals surface area (Å²) >= 11 is 0. The van der Waals surface area contributed by atoms with E-state index in [9.17, 15) is 19.2 Å². The first-order chi connectivity index (χ1) is 20.2. The number of hydrogen-bond acceptors (Lipinski definition) is 6. The van der Waals surface area contributed by atoms with Crippen LogP contribution < -0.4 is 16.0 Å². The molecule has 42 heavy (non-hydrogen) atoms. The van der Waals surface area contributed by atoms with Gasteiger partial charge in [0.2, 0.25) is 11.8 Å². The predicted molar refractivity (Wildman–Crippen MR) is 157 cm³/mol. The molecule has 0 radical (unpaired) electrons. The van der Waals surface area contributed by atoms with Crippen molar-refractivity contribution in [2.24, 2.45) is 5.92 Å². The molecule has 3 aromatic rings. The normalized spacial score (nSPS) is 13.4. The van der Waals surface area contributed by atoms with Gasteiger partial charge in [-0.3, -0.25) is 19.2 Å². The third-order valence-corrected chi connectivity index (χ3v) is 7.29.